The van der Waals surface area contributed by atoms with E-state index in [4.69, 9.17) is 0 Å². The molecule has 4 unspecified atom stereocenters. The number of halogens is 1. The lowest BCUT2D eigenvalue weighted by molar-refractivity contribution is -0.0180. The summed E-state index contributed by atoms with van der Waals surface area (Å²) < 4.78 is 14.6. The van der Waals surface area contributed by atoms with Crippen LogP contribution in [0.3, 0.4) is 0 Å². The molecule has 3 nitrogen and oxygen atoms in total. The SMILES string of the molecule is CNCC1CCC(C)N(C2CCN(C(C)C)CC2F)C1. The van der Waals surface area contributed by atoms with E-state index in [0.717, 1.165) is 26.1 Å². The Morgan fingerprint density at radius 3 is 2.55 bits per heavy atom. The molecular weight excluding hydrogens is 253 g/mol. The molecule has 2 aliphatic heterocycles. The number of likely N-dealkylation sites (tertiary alicyclic amines) is 2. The van der Waals surface area contributed by atoms with Gasteiger partial charge in [-0.25, -0.2) is 4.39 Å². The highest BCUT2D eigenvalue weighted by molar-refractivity contribution is 4.93. The van der Waals surface area contributed by atoms with Gasteiger partial charge < -0.3 is 5.32 Å². The van der Waals surface area contributed by atoms with E-state index in [1.165, 1.54) is 12.8 Å². The molecule has 2 fully saturated rings. The Labute approximate surface area is 123 Å². The van der Waals surface area contributed by atoms with Gasteiger partial charge in [0, 0.05) is 37.8 Å². The number of hydrogen-bond donors (Lipinski definition) is 1. The van der Waals surface area contributed by atoms with Crippen LogP contribution in [0.25, 0.3) is 0 Å². The van der Waals surface area contributed by atoms with Crippen molar-refractivity contribution in [1.29, 1.82) is 0 Å². The summed E-state index contributed by atoms with van der Waals surface area (Å²) in [6.07, 6.45) is 2.78. The minimum atomic E-state index is -0.693. The Morgan fingerprint density at radius 1 is 1.20 bits per heavy atom. The molecule has 0 aromatic carbocycles. The Bertz CT molecular complexity index is 297. The third kappa shape index (κ3) is 3.71. The maximum Gasteiger partial charge on any atom is 0.128 e. The van der Waals surface area contributed by atoms with E-state index < -0.39 is 6.17 Å². The number of piperidine rings is 2. The second-order valence-corrected chi connectivity index (χ2v) is 7.01. The Kier molecular flexibility index (Phi) is 5.82. The zero-order chi connectivity index (χ0) is 14.7. The first-order chi connectivity index (χ1) is 9.52. The zero-order valence-corrected chi connectivity index (χ0v) is 13.6. The van der Waals surface area contributed by atoms with E-state index in [9.17, 15) is 4.39 Å². The molecule has 118 valence electrons. The van der Waals surface area contributed by atoms with Crippen molar-refractivity contribution in [2.24, 2.45) is 5.92 Å². The summed E-state index contributed by atoms with van der Waals surface area (Å²) in [5, 5.41) is 3.28. The average Bonchev–Trinajstić information content (AvgIpc) is 2.41. The van der Waals surface area contributed by atoms with Crippen LogP contribution in [0, 0.1) is 5.92 Å². The number of nitrogens with zero attached hydrogens (tertiary/aromatic N) is 2. The van der Waals surface area contributed by atoms with Gasteiger partial charge in [0.15, 0.2) is 0 Å². The molecule has 0 saturated carbocycles. The summed E-state index contributed by atoms with van der Waals surface area (Å²) in [5.41, 5.74) is 0. The van der Waals surface area contributed by atoms with E-state index in [2.05, 4.69) is 35.9 Å². The van der Waals surface area contributed by atoms with Crippen LogP contribution in [-0.2, 0) is 0 Å². The van der Waals surface area contributed by atoms with Crippen molar-refractivity contribution in [3.63, 3.8) is 0 Å². The predicted octanol–water partition coefficient (Wildman–Crippen LogP) is 2.13. The van der Waals surface area contributed by atoms with Gasteiger partial charge in [0.05, 0.1) is 0 Å². The molecule has 0 aliphatic carbocycles. The molecule has 0 amide bonds. The number of rotatable bonds is 4. The molecule has 20 heavy (non-hydrogen) atoms. The summed E-state index contributed by atoms with van der Waals surface area (Å²) in [6, 6.07) is 1.14. The lowest BCUT2D eigenvalue weighted by Gasteiger charge is -2.47. The van der Waals surface area contributed by atoms with Crippen molar-refractivity contribution in [1.82, 2.24) is 15.1 Å². The Morgan fingerprint density at radius 2 is 1.95 bits per heavy atom. The van der Waals surface area contributed by atoms with Crippen molar-refractivity contribution in [3.05, 3.63) is 0 Å². The highest BCUT2D eigenvalue weighted by atomic mass is 19.1. The van der Waals surface area contributed by atoms with Crippen molar-refractivity contribution in [2.45, 2.75) is 64.3 Å². The van der Waals surface area contributed by atoms with E-state index in [0.29, 0.717) is 24.5 Å². The minimum absolute atomic E-state index is 0.139. The highest BCUT2D eigenvalue weighted by Crippen LogP contribution is 2.29. The van der Waals surface area contributed by atoms with E-state index in [1.54, 1.807) is 0 Å². The molecule has 0 aromatic rings. The molecule has 2 heterocycles. The molecule has 4 heteroatoms. The summed E-state index contributed by atoms with van der Waals surface area (Å²) in [5.74, 6) is 0.687. The maximum absolute atomic E-state index is 14.6. The fraction of sp³-hybridized carbons (Fsp3) is 1.00. The molecule has 4 atom stereocenters. The third-order valence-electron chi connectivity index (χ3n) is 5.22. The molecule has 2 saturated heterocycles. The topological polar surface area (TPSA) is 18.5 Å². The quantitative estimate of drug-likeness (QED) is 0.853. The first-order valence-corrected chi connectivity index (χ1v) is 8.31. The molecule has 0 bridgehead atoms. The predicted molar refractivity (Wildman–Crippen MR) is 82.8 cm³/mol. The number of alkyl halides is 1. The lowest BCUT2D eigenvalue weighted by Crippen LogP contribution is -2.58. The van der Waals surface area contributed by atoms with Crippen molar-refractivity contribution >= 4 is 0 Å². The van der Waals surface area contributed by atoms with Gasteiger partial charge in [-0.2, -0.15) is 0 Å². The summed E-state index contributed by atoms with van der Waals surface area (Å²) in [7, 11) is 2.02. The van der Waals surface area contributed by atoms with Crippen molar-refractivity contribution in [3.8, 4) is 0 Å². The van der Waals surface area contributed by atoms with Crippen LogP contribution in [0.5, 0.6) is 0 Å². The standard InChI is InChI=1S/C16H32FN3/c1-12(2)19-8-7-16(15(17)11-19)20-10-14(9-18-4)6-5-13(20)3/h12-16,18H,5-11H2,1-4H3. The lowest BCUT2D eigenvalue weighted by atomic mass is 9.89. The summed E-state index contributed by atoms with van der Waals surface area (Å²) in [6.45, 7) is 10.4. The van der Waals surface area contributed by atoms with Crippen molar-refractivity contribution in [2.75, 3.05) is 33.2 Å². The van der Waals surface area contributed by atoms with E-state index >= 15 is 0 Å². The van der Waals surface area contributed by atoms with Crippen LogP contribution in [-0.4, -0.2) is 67.3 Å². The van der Waals surface area contributed by atoms with Gasteiger partial charge >= 0.3 is 0 Å². The van der Waals surface area contributed by atoms with E-state index in [-0.39, 0.29) is 6.04 Å². The highest BCUT2D eigenvalue weighted by Gasteiger charge is 2.38. The monoisotopic (exact) mass is 285 g/mol. The second-order valence-electron chi connectivity index (χ2n) is 7.01. The second kappa shape index (κ2) is 7.19. The molecule has 0 aromatic heterocycles. The fourth-order valence-corrected chi connectivity index (χ4v) is 3.89. The van der Waals surface area contributed by atoms with Crippen LogP contribution >= 0.6 is 0 Å². The molecule has 1 N–H and O–H groups in total. The maximum atomic E-state index is 14.6. The Hall–Kier alpha value is -0.190. The van der Waals surface area contributed by atoms with Gasteiger partial charge in [-0.05, 0) is 59.5 Å². The first-order valence-electron chi connectivity index (χ1n) is 8.31. The summed E-state index contributed by atoms with van der Waals surface area (Å²) >= 11 is 0. The smallest absolute Gasteiger partial charge is 0.128 e. The van der Waals surface area contributed by atoms with Crippen LogP contribution < -0.4 is 5.32 Å². The molecule has 0 spiro atoms. The van der Waals surface area contributed by atoms with Gasteiger partial charge in [-0.15, -0.1) is 0 Å². The minimum Gasteiger partial charge on any atom is -0.319 e. The average molecular weight is 285 g/mol. The van der Waals surface area contributed by atoms with Gasteiger partial charge in [0.25, 0.3) is 0 Å². The van der Waals surface area contributed by atoms with Gasteiger partial charge in [0.2, 0.25) is 0 Å². The van der Waals surface area contributed by atoms with Crippen molar-refractivity contribution < 1.29 is 4.39 Å². The van der Waals surface area contributed by atoms with Gasteiger partial charge in [0.1, 0.15) is 6.17 Å². The van der Waals surface area contributed by atoms with Crippen LogP contribution in [0.1, 0.15) is 40.0 Å². The van der Waals surface area contributed by atoms with Gasteiger partial charge in [-0.1, -0.05) is 0 Å². The van der Waals surface area contributed by atoms with Crippen LogP contribution in [0.15, 0.2) is 0 Å². The number of hydrogen-bond acceptors (Lipinski definition) is 3. The molecule has 2 aliphatic rings. The normalized spacial score (nSPS) is 37.5. The molecular formula is C16H32FN3. The van der Waals surface area contributed by atoms with Gasteiger partial charge in [-0.3, -0.25) is 9.80 Å². The Balaban J connectivity index is 1.95. The molecule has 0 radical (unpaired) electrons. The number of nitrogens with one attached hydrogen (secondary N) is 1. The first kappa shape index (κ1) is 16.2. The molecule has 2 rings (SSSR count). The van der Waals surface area contributed by atoms with E-state index in [1.807, 2.05) is 7.05 Å². The van der Waals surface area contributed by atoms with Crippen LogP contribution in [0.2, 0.25) is 0 Å². The van der Waals surface area contributed by atoms with Crippen LogP contribution in [0.4, 0.5) is 4.39 Å². The zero-order valence-electron chi connectivity index (χ0n) is 13.6. The summed E-state index contributed by atoms with van der Waals surface area (Å²) in [4.78, 5) is 4.74. The largest absolute Gasteiger partial charge is 0.319 e. The fourth-order valence-electron chi connectivity index (χ4n) is 3.89. The third-order valence-corrected chi connectivity index (χ3v) is 5.22.